The fourth-order valence-corrected chi connectivity index (χ4v) is 3.68. The molecule has 0 spiro atoms. The van der Waals surface area contributed by atoms with E-state index in [0.29, 0.717) is 0 Å². The molecule has 0 aromatic carbocycles. The number of rotatable bonds is 0. The van der Waals surface area contributed by atoms with Crippen LogP contribution in [0.15, 0.2) is 11.6 Å². The molecule has 4 aliphatic carbocycles. The van der Waals surface area contributed by atoms with Crippen LogP contribution in [0.25, 0.3) is 0 Å². The van der Waals surface area contributed by atoms with Crippen LogP contribution in [0.5, 0.6) is 0 Å². The van der Waals surface area contributed by atoms with E-state index in [0.717, 1.165) is 23.7 Å². The molecule has 0 N–H and O–H groups in total. The lowest BCUT2D eigenvalue weighted by atomic mass is 9.69. The summed E-state index contributed by atoms with van der Waals surface area (Å²) in [5.74, 6) is 4.16. The summed E-state index contributed by atoms with van der Waals surface area (Å²) in [5, 5.41) is 0. The Bertz CT molecular complexity index is 257. The summed E-state index contributed by atoms with van der Waals surface area (Å²) in [6, 6.07) is 0. The fourth-order valence-electron chi connectivity index (χ4n) is 3.68. The zero-order chi connectivity index (χ0) is 10.3. The molecule has 15 heavy (non-hydrogen) atoms. The molecule has 84 valence electrons. The largest absolute Gasteiger partial charge is 0.0775 e. The van der Waals surface area contributed by atoms with E-state index in [1.807, 2.05) is 5.57 Å². The summed E-state index contributed by atoms with van der Waals surface area (Å²) in [5.41, 5.74) is 1.81. The van der Waals surface area contributed by atoms with Crippen molar-refractivity contribution in [2.75, 3.05) is 0 Å². The standard InChI is InChI=1S/C15H24/c1-11-3-2-4-14-10-15(14)9-13-7-12(8-13)6-5-11/h10-13,15H,2-9H2,1H3. The van der Waals surface area contributed by atoms with Crippen LogP contribution in [-0.2, 0) is 0 Å². The third-order valence-corrected chi connectivity index (χ3v) is 4.93. The Morgan fingerprint density at radius 1 is 1.00 bits per heavy atom. The second kappa shape index (κ2) is 3.96. The maximum absolute atomic E-state index is 2.55. The van der Waals surface area contributed by atoms with Gasteiger partial charge in [0.05, 0.1) is 0 Å². The van der Waals surface area contributed by atoms with Crippen molar-refractivity contribution in [2.45, 2.75) is 58.3 Å². The van der Waals surface area contributed by atoms with E-state index in [9.17, 15) is 0 Å². The van der Waals surface area contributed by atoms with Crippen LogP contribution in [0, 0.1) is 23.7 Å². The van der Waals surface area contributed by atoms with E-state index in [4.69, 9.17) is 0 Å². The van der Waals surface area contributed by atoms with Gasteiger partial charge >= 0.3 is 0 Å². The molecule has 2 atom stereocenters. The first kappa shape index (κ1) is 9.93. The molecule has 0 radical (unpaired) electrons. The van der Waals surface area contributed by atoms with E-state index >= 15 is 0 Å². The highest BCUT2D eigenvalue weighted by atomic mass is 14.4. The minimum absolute atomic E-state index is 0.964. The van der Waals surface area contributed by atoms with Crippen LogP contribution in [0.1, 0.15) is 58.3 Å². The molecular formula is C15H24. The van der Waals surface area contributed by atoms with Crippen molar-refractivity contribution < 1.29 is 0 Å². The van der Waals surface area contributed by atoms with Crippen LogP contribution < -0.4 is 0 Å². The van der Waals surface area contributed by atoms with Crippen LogP contribution in [0.3, 0.4) is 0 Å². The second-order valence-corrected chi connectivity index (χ2v) is 6.36. The van der Waals surface area contributed by atoms with E-state index in [2.05, 4.69) is 13.0 Å². The molecule has 0 heterocycles. The van der Waals surface area contributed by atoms with Gasteiger partial charge in [0, 0.05) is 0 Å². The number of fused-ring (bicyclic) bond motifs is 5. The van der Waals surface area contributed by atoms with Gasteiger partial charge in [-0.3, -0.25) is 0 Å². The first-order valence-corrected chi connectivity index (χ1v) is 7.02. The van der Waals surface area contributed by atoms with E-state index in [1.54, 1.807) is 12.8 Å². The van der Waals surface area contributed by atoms with Crippen LogP contribution in [0.4, 0.5) is 0 Å². The molecule has 0 heteroatoms. The Labute approximate surface area is 94.1 Å². The third kappa shape index (κ3) is 2.29. The summed E-state index contributed by atoms with van der Waals surface area (Å²) < 4.78 is 0. The maximum Gasteiger partial charge on any atom is -0.00175 e. The highest BCUT2D eigenvalue weighted by Crippen LogP contribution is 2.47. The monoisotopic (exact) mass is 204 g/mol. The van der Waals surface area contributed by atoms with Gasteiger partial charge in [-0.05, 0) is 55.8 Å². The van der Waals surface area contributed by atoms with Gasteiger partial charge in [0.1, 0.15) is 0 Å². The predicted octanol–water partition coefficient (Wildman–Crippen LogP) is 4.56. The molecule has 0 saturated heterocycles. The van der Waals surface area contributed by atoms with Gasteiger partial charge in [-0.1, -0.05) is 37.8 Å². The average molecular weight is 204 g/mol. The van der Waals surface area contributed by atoms with Crippen molar-refractivity contribution in [1.82, 2.24) is 0 Å². The van der Waals surface area contributed by atoms with Gasteiger partial charge in [-0.25, -0.2) is 0 Å². The molecular weight excluding hydrogens is 180 g/mol. The highest BCUT2D eigenvalue weighted by molar-refractivity contribution is 5.29. The molecule has 2 unspecified atom stereocenters. The van der Waals surface area contributed by atoms with Crippen molar-refractivity contribution >= 4 is 0 Å². The first-order valence-electron chi connectivity index (χ1n) is 7.02. The van der Waals surface area contributed by atoms with Crippen LogP contribution in [-0.4, -0.2) is 0 Å². The topological polar surface area (TPSA) is 0 Å². The molecule has 0 aromatic rings. The first-order chi connectivity index (χ1) is 7.31. The zero-order valence-corrected chi connectivity index (χ0v) is 10.0. The predicted molar refractivity (Wildman–Crippen MR) is 64.7 cm³/mol. The summed E-state index contributed by atoms with van der Waals surface area (Å²) in [4.78, 5) is 0. The molecule has 4 rings (SSSR count). The summed E-state index contributed by atoms with van der Waals surface area (Å²) in [6.45, 7) is 2.46. The Balaban J connectivity index is 1.54. The van der Waals surface area contributed by atoms with Crippen molar-refractivity contribution in [3.63, 3.8) is 0 Å². The fraction of sp³-hybridized carbons (Fsp3) is 0.867. The number of hydrogen-bond acceptors (Lipinski definition) is 0. The summed E-state index contributed by atoms with van der Waals surface area (Å²) in [7, 11) is 0. The maximum atomic E-state index is 2.55. The number of hydrogen-bond donors (Lipinski definition) is 0. The van der Waals surface area contributed by atoms with Gasteiger partial charge in [0.2, 0.25) is 0 Å². The number of allylic oxidation sites excluding steroid dienone is 2. The van der Waals surface area contributed by atoms with Crippen LogP contribution >= 0.6 is 0 Å². The van der Waals surface area contributed by atoms with Crippen molar-refractivity contribution in [3.8, 4) is 0 Å². The van der Waals surface area contributed by atoms with Crippen molar-refractivity contribution in [3.05, 3.63) is 11.6 Å². The van der Waals surface area contributed by atoms with Gasteiger partial charge in [-0.2, -0.15) is 0 Å². The van der Waals surface area contributed by atoms with E-state index < -0.39 is 0 Å². The van der Waals surface area contributed by atoms with Gasteiger partial charge in [0.25, 0.3) is 0 Å². The lowest BCUT2D eigenvalue weighted by Gasteiger charge is -2.36. The molecule has 0 amide bonds. The highest BCUT2D eigenvalue weighted by Gasteiger charge is 2.34. The van der Waals surface area contributed by atoms with Gasteiger partial charge in [0.15, 0.2) is 0 Å². The second-order valence-electron chi connectivity index (χ2n) is 6.36. The molecule has 0 nitrogen and oxygen atoms in total. The molecule has 0 aromatic heterocycles. The Morgan fingerprint density at radius 3 is 2.73 bits per heavy atom. The van der Waals surface area contributed by atoms with Gasteiger partial charge < -0.3 is 0 Å². The lowest BCUT2D eigenvalue weighted by Crippen LogP contribution is -2.25. The molecule has 0 aliphatic heterocycles. The normalized spacial score (nSPS) is 45.3. The minimum atomic E-state index is 0.964. The van der Waals surface area contributed by atoms with E-state index in [1.165, 1.54) is 38.5 Å². The molecule has 4 aliphatic rings. The molecule has 3 fully saturated rings. The minimum Gasteiger partial charge on any atom is -0.0775 e. The Morgan fingerprint density at radius 2 is 1.87 bits per heavy atom. The zero-order valence-electron chi connectivity index (χ0n) is 10.0. The quantitative estimate of drug-likeness (QED) is 0.507. The smallest absolute Gasteiger partial charge is 0.00175 e. The Hall–Kier alpha value is -0.260. The molecule has 2 bridgehead atoms. The van der Waals surface area contributed by atoms with Gasteiger partial charge in [-0.15, -0.1) is 0 Å². The average Bonchev–Trinajstić information content (AvgIpc) is 2.85. The Kier molecular flexibility index (Phi) is 2.62. The van der Waals surface area contributed by atoms with Crippen LogP contribution in [0.2, 0.25) is 0 Å². The summed E-state index contributed by atoms with van der Waals surface area (Å²) >= 11 is 0. The molecule has 3 saturated carbocycles. The lowest BCUT2D eigenvalue weighted by molar-refractivity contribution is 0.155. The van der Waals surface area contributed by atoms with Crippen molar-refractivity contribution in [1.29, 1.82) is 0 Å². The van der Waals surface area contributed by atoms with E-state index in [-0.39, 0.29) is 0 Å². The SMILES string of the molecule is CC1CCCC2=CC2CC2CC(CC1)C2. The van der Waals surface area contributed by atoms with Crippen molar-refractivity contribution in [2.24, 2.45) is 23.7 Å². The third-order valence-electron chi connectivity index (χ3n) is 4.93. The summed E-state index contributed by atoms with van der Waals surface area (Å²) in [6.07, 6.45) is 14.6.